The molecule has 1 aliphatic rings. The predicted octanol–water partition coefficient (Wildman–Crippen LogP) is 5.32. The lowest BCUT2D eigenvalue weighted by Gasteiger charge is -2.19. The maximum absolute atomic E-state index is 6.50. The molecule has 0 fully saturated rings. The zero-order valence-electron chi connectivity index (χ0n) is 15.3. The zero-order valence-corrected chi connectivity index (χ0v) is 15.3. The van der Waals surface area contributed by atoms with Gasteiger partial charge in [0, 0.05) is 5.56 Å². The Morgan fingerprint density at radius 2 is 1.40 bits per heavy atom. The molecule has 0 radical (unpaired) electrons. The molecule has 0 aromatic heterocycles. The lowest BCUT2D eigenvalue weighted by molar-refractivity contribution is 1.20. The molecule has 2 heteroatoms. The fourth-order valence-electron chi connectivity index (χ4n) is 4.28. The third kappa shape index (κ3) is 2.10. The van der Waals surface area contributed by atoms with Gasteiger partial charge in [0.15, 0.2) is 0 Å². The first-order chi connectivity index (χ1) is 11.9. The molecule has 0 amide bonds. The molecule has 0 saturated heterocycles. The number of hydrogen-bond acceptors (Lipinski definition) is 2. The van der Waals surface area contributed by atoms with Crippen molar-refractivity contribution in [1.82, 2.24) is 0 Å². The van der Waals surface area contributed by atoms with E-state index < -0.39 is 0 Å². The summed E-state index contributed by atoms with van der Waals surface area (Å²) in [4.78, 5) is 0. The van der Waals surface area contributed by atoms with Gasteiger partial charge in [0.25, 0.3) is 0 Å². The molecule has 4 N–H and O–H groups in total. The highest BCUT2D eigenvalue weighted by molar-refractivity contribution is 5.99. The van der Waals surface area contributed by atoms with Crippen molar-refractivity contribution in [2.75, 3.05) is 11.5 Å². The molecule has 126 valence electrons. The minimum atomic E-state index is 0.710. The van der Waals surface area contributed by atoms with Crippen molar-refractivity contribution in [2.45, 2.75) is 34.1 Å². The minimum absolute atomic E-state index is 0.710. The van der Waals surface area contributed by atoms with E-state index in [1.54, 1.807) is 0 Å². The van der Waals surface area contributed by atoms with E-state index in [-0.39, 0.29) is 0 Å². The summed E-state index contributed by atoms with van der Waals surface area (Å²) in [6.45, 7) is 8.73. The Labute approximate surface area is 149 Å². The van der Waals surface area contributed by atoms with Gasteiger partial charge in [0.2, 0.25) is 0 Å². The summed E-state index contributed by atoms with van der Waals surface area (Å²) in [5.74, 6) is 0. The summed E-state index contributed by atoms with van der Waals surface area (Å²) < 4.78 is 0. The van der Waals surface area contributed by atoms with Crippen LogP contribution in [0.1, 0.15) is 33.4 Å². The number of fused-ring (bicyclic) bond motifs is 3. The Kier molecular flexibility index (Phi) is 3.40. The maximum atomic E-state index is 6.50. The molecule has 25 heavy (non-hydrogen) atoms. The second kappa shape index (κ2) is 5.38. The fraction of sp³-hybridized carbons (Fsp3) is 0.217. The van der Waals surface area contributed by atoms with Crippen LogP contribution in [0.5, 0.6) is 0 Å². The first kappa shape index (κ1) is 15.8. The number of rotatable bonds is 1. The lowest BCUT2D eigenvalue weighted by Crippen LogP contribution is -2.04. The van der Waals surface area contributed by atoms with Gasteiger partial charge in [0.05, 0.1) is 11.4 Å². The largest absolute Gasteiger partial charge is 0.397 e. The van der Waals surface area contributed by atoms with E-state index in [0.717, 1.165) is 23.1 Å². The molecule has 0 saturated carbocycles. The van der Waals surface area contributed by atoms with Gasteiger partial charge in [-0.3, -0.25) is 0 Å². The van der Waals surface area contributed by atoms with Crippen LogP contribution in [0.25, 0.3) is 22.3 Å². The SMILES string of the molecule is Cc1cc2c(c(C)c1C)-c1c(C)c(N)c(N)c(-c3ccccc3)c1C2. The van der Waals surface area contributed by atoms with E-state index in [4.69, 9.17) is 11.5 Å². The normalized spacial score (nSPS) is 12.2. The van der Waals surface area contributed by atoms with Gasteiger partial charge in [0.1, 0.15) is 0 Å². The Bertz CT molecular complexity index is 1010. The smallest absolute Gasteiger partial charge is 0.0633 e. The van der Waals surface area contributed by atoms with Crippen molar-refractivity contribution in [2.24, 2.45) is 0 Å². The fourth-order valence-corrected chi connectivity index (χ4v) is 4.28. The molecule has 4 rings (SSSR count). The average Bonchev–Trinajstić information content (AvgIpc) is 2.98. The standard InChI is InChI=1S/C23H24N2/c1-12-10-17-11-18-20(19(17)14(3)13(12)2)15(4)22(24)23(25)21(18)16-8-6-5-7-9-16/h5-10H,11,24-25H2,1-4H3. The van der Waals surface area contributed by atoms with E-state index in [2.05, 4.69) is 58.0 Å². The van der Waals surface area contributed by atoms with E-state index in [9.17, 15) is 0 Å². The van der Waals surface area contributed by atoms with Gasteiger partial charge in [-0.2, -0.15) is 0 Å². The van der Waals surface area contributed by atoms with Crippen LogP contribution >= 0.6 is 0 Å². The highest BCUT2D eigenvalue weighted by Crippen LogP contribution is 2.50. The van der Waals surface area contributed by atoms with E-state index >= 15 is 0 Å². The zero-order chi connectivity index (χ0) is 17.9. The van der Waals surface area contributed by atoms with Gasteiger partial charge in [-0.15, -0.1) is 0 Å². The maximum Gasteiger partial charge on any atom is 0.0633 e. The number of aryl methyl sites for hydroxylation is 1. The van der Waals surface area contributed by atoms with Gasteiger partial charge in [-0.25, -0.2) is 0 Å². The summed E-state index contributed by atoms with van der Waals surface area (Å²) in [7, 11) is 0. The summed E-state index contributed by atoms with van der Waals surface area (Å²) in [6, 6.07) is 12.7. The van der Waals surface area contributed by atoms with Crippen molar-refractivity contribution in [3.63, 3.8) is 0 Å². The monoisotopic (exact) mass is 328 g/mol. The first-order valence-corrected chi connectivity index (χ1v) is 8.77. The van der Waals surface area contributed by atoms with Crippen molar-refractivity contribution in [3.05, 3.63) is 69.8 Å². The minimum Gasteiger partial charge on any atom is -0.397 e. The van der Waals surface area contributed by atoms with Gasteiger partial charge in [-0.05, 0) is 84.2 Å². The van der Waals surface area contributed by atoms with Crippen LogP contribution in [-0.2, 0) is 6.42 Å². The quantitative estimate of drug-likeness (QED) is 0.464. The lowest BCUT2D eigenvalue weighted by atomic mass is 9.87. The third-order valence-electron chi connectivity index (χ3n) is 5.86. The molecule has 3 aromatic rings. The summed E-state index contributed by atoms with van der Waals surface area (Å²) in [5.41, 5.74) is 27.1. The molecular formula is C23H24N2. The number of benzene rings is 3. The number of anilines is 2. The number of nitrogens with two attached hydrogens (primary N) is 2. The third-order valence-corrected chi connectivity index (χ3v) is 5.86. The van der Waals surface area contributed by atoms with Crippen molar-refractivity contribution in [3.8, 4) is 22.3 Å². The Hall–Kier alpha value is -2.74. The molecule has 2 nitrogen and oxygen atoms in total. The number of nitrogen functional groups attached to an aromatic ring is 2. The van der Waals surface area contributed by atoms with Gasteiger partial charge in [-0.1, -0.05) is 36.4 Å². The summed E-state index contributed by atoms with van der Waals surface area (Å²) in [6.07, 6.45) is 0.919. The Balaban J connectivity index is 2.12. The molecule has 1 aliphatic carbocycles. The molecule has 3 aromatic carbocycles. The molecule has 0 spiro atoms. The van der Waals surface area contributed by atoms with Gasteiger partial charge < -0.3 is 11.5 Å². The highest BCUT2D eigenvalue weighted by atomic mass is 14.7. The summed E-state index contributed by atoms with van der Waals surface area (Å²) in [5, 5.41) is 0. The molecule has 0 heterocycles. The van der Waals surface area contributed by atoms with Crippen LogP contribution in [-0.4, -0.2) is 0 Å². The summed E-state index contributed by atoms with van der Waals surface area (Å²) >= 11 is 0. The van der Waals surface area contributed by atoms with Gasteiger partial charge >= 0.3 is 0 Å². The van der Waals surface area contributed by atoms with E-state index in [1.807, 2.05) is 6.07 Å². The highest BCUT2D eigenvalue weighted by Gasteiger charge is 2.29. The topological polar surface area (TPSA) is 52.0 Å². The van der Waals surface area contributed by atoms with Crippen LogP contribution in [0.15, 0.2) is 36.4 Å². The molecule has 0 atom stereocenters. The first-order valence-electron chi connectivity index (χ1n) is 8.77. The Morgan fingerprint density at radius 1 is 0.720 bits per heavy atom. The van der Waals surface area contributed by atoms with Crippen molar-refractivity contribution in [1.29, 1.82) is 0 Å². The van der Waals surface area contributed by atoms with Crippen LogP contribution < -0.4 is 11.5 Å². The Morgan fingerprint density at radius 3 is 2.08 bits per heavy atom. The van der Waals surface area contributed by atoms with Crippen molar-refractivity contribution < 1.29 is 0 Å². The van der Waals surface area contributed by atoms with Crippen LogP contribution in [0.2, 0.25) is 0 Å². The molecule has 0 unspecified atom stereocenters. The molecular weight excluding hydrogens is 304 g/mol. The van der Waals surface area contributed by atoms with E-state index in [0.29, 0.717) is 11.4 Å². The number of hydrogen-bond donors (Lipinski definition) is 2. The second-order valence-electron chi connectivity index (χ2n) is 7.20. The van der Waals surface area contributed by atoms with E-state index in [1.165, 1.54) is 38.9 Å². The average molecular weight is 328 g/mol. The van der Waals surface area contributed by atoms with Crippen LogP contribution in [0.3, 0.4) is 0 Å². The van der Waals surface area contributed by atoms with Crippen molar-refractivity contribution >= 4 is 11.4 Å². The van der Waals surface area contributed by atoms with Crippen LogP contribution in [0.4, 0.5) is 11.4 Å². The second-order valence-corrected chi connectivity index (χ2v) is 7.20. The predicted molar refractivity (Wildman–Crippen MR) is 108 cm³/mol. The van der Waals surface area contributed by atoms with Crippen LogP contribution in [0, 0.1) is 27.7 Å². The molecule has 0 aliphatic heterocycles. The molecule has 0 bridgehead atoms.